The van der Waals surface area contributed by atoms with Crippen molar-refractivity contribution >= 4 is 0 Å². The highest BCUT2D eigenvalue weighted by atomic mass is 19.1. The van der Waals surface area contributed by atoms with Crippen LogP contribution in [0.3, 0.4) is 0 Å². The van der Waals surface area contributed by atoms with Gasteiger partial charge >= 0.3 is 0 Å². The molecule has 1 aliphatic carbocycles. The summed E-state index contributed by atoms with van der Waals surface area (Å²) in [5.41, 5.74) is 0.198. The minimum atomic E-state index is -0.441. The van der Waals surface area contributed by atoms with Crippen LogP contribution >= 0.6 is 0 Å². The van der Waals surface area contributed by atoms with Gasteiger partial charge in [-0.25, -0.2) is 8.78 Å². The average Bonchev–Trinajstić information content (AvgIpc) is 2.39. The lowest BCUT2D eigenvalue weighted by atomic mass is 9.77. The van der Waals surface area contributed by atoms with Crippen molar-refractivity contribution in [1.82, 2.24) is 5.32 Å². The monoisotopic (exact) mass is 281 g/mol. The molecule has 0 radical (unpaired) electrons. The van der Waals surface area contributed by atoms with Crippen LogP contribution in [0.2, 0.25) is 0 Å². The van der Waals surface area contributed by atoms with Crippen LogP contribution in [0.25, 0.3) is 0 Å². The zero-order chi connectivity index (χ0) is 14.7. The molecule has 2 rings (SSSR count). The first-order valence-corrected chi connectivity index (χ1v) is 7.68. The number of rotatable bonds is 4. The van der Waals surface area contributed by atoms with E-state index in [1.807, 2.05) is 6.92 Å². The van der Waals surface area contributed by atoms with Crippen LogP contribution in [0.4, 0.5) is 8.78 Å². The van der Waals surface area contributed by atoms with Crippen LogP contribution in [-0.2, 0) is 6.42 Å². The zero-order valence-electron chi connectivity index (χ0n) is 12.6. The van der Waals surface area contributed by atoms with Crippen molar-refractivity contribution < 1.29 is 8.78 Å². The molecule has 1 aromatic rings. The molecule has 0 amide bonds. The van der Waals surface area contributed by atoms with Gasteiger partial charge in [0.25, 0.3) is 0 Å². The van der Waals surface area contributed by atoms with Gasteiger partial charge in [0.1, 0.15) is 11.6 Å². The molecule has 112 valence electrons. The van der Waals surface area contributed by atoms with Gasteiger partial charge < -0.3 is 5.32 Å². The topological polar surface area (TPSA) is 12.0 Å². The summed E-state index contributed by atoms with van der Waals surface area (Å²) in [7, 11) is 0. The van der Waals surface area contributed by atoms with E-state index in [4.69, 9.17) is 0 Å². The lowest BCUT2D eigenvalue weighted by Crippen LogP contribution is -2.45. The van der Waals surface area contributed by atoms with Crippen molar-refractivity contribution in [2.75, 3.05) is 0 Å². The maximum Gasteiger partial charge on any atom is 0.129 e. The van der Waals surface area contributed by atoms with Crippen LogP contribution in [0.15, 0.2) is 18.2 Å². The lowest BCUT2D eigenvalue weighted by molar-refractivity contribution is 0.195. The Morgan fingerprint density at radius 1 is 1.20 bits per heavy atom. The van der Waals surface area contributed by atoms with Crippen molar-refractivity contribution in [1.29, 1.82) is 0 Å². The molecule has 20 heavy (non-hydrogen) atoms. The Morgan fingerprint density at radius 3 is 2.50 bits per heavy atom. The summed E-state index contributed by atoms with van der Waals surface area (Å²) in [4.78, 5) is 0. The zero-order valence-corrected chi connectivity index (χ0v) is 12.6. The number of benzene rings is 1. The van der Waals surface area contributed by atoms with Crippen molar-refractivity contribution in [3.8, 4) is 0 Å². The summed E-state index contributed by atoms with van der Waals surface area (Å²) in [6.45, 7) is 6.58. The van der Waals surface area contributed by atoms with Crippen molar-refractivity contribution in [3.05, 3.63) is 35.4 Å². The molecule has 0 aromatic heterocycles. The van der Waals surface area contributed by atoms with E-state index in [-0.39, 0.29) is 11.6 Å². The second-order valence-electron chi connectivity index (χ2n) is 6.35. The molecule has 0 saturated heterocycles. The third-order valence-corrected chi connectivity index (χ3v) is 4.78. The molecule has 1 saturated carbocycles. The lowest BCUT2D eigenvalue weighted by Gasteiger charge is -2.36. The minimum Gasteiger partial charge on any atom is -0.311 e. The van der Waals surface area contributed by atoms with E-state index < -0.39 is 11.6 Å². The summed E-state index contributed by atoms with van der Waals surface area (Å²) in [6.07, 6.45) is 4.09. The van der Waals surface area contributed by atoms with Crippen molar-refractivity contribution in [2.45, 2.75) is 58.5 Å². The number of hydrogen-bond donors (Lipinski definition) is 1. The normalized spacial score (nSPS) is 28.4. The van der Waals surface area contributed by atoms with E-state index in [0.717, 1.165) is 12.3 Å². The Balaban J connectivity index is 1.97. The minimum absolute atomic E-state index is 0.0825. The number of halogens is 2. The first kappa shape index (κ1) is 15.4. The molecule has 1 nitrogen and oxygen atoms in total. The fraction of sp³-hybridized carbons (Fsp3) is 0.647. The Morgan fingerprint density at radius 2 is 1.85 bits per heavy atom. The third-order valence-electron chi connectivity index (χ3n) is 4.78. The molecule has 1 aromatic carbocycles. The molecule has 0 bridgehead atoms. The van der Waals surface area contributed by atoms with E-state index in [1.165, 1.54) is 31.0 Å². The molecular formula is C17H25F2N. The maximum absolute atomic E-state index is 13.7. The molecule has 1 fully saturated rings. The smallest absolute Gasteiger partial charge is 0.129 e. The SMILES string of the molecule is CC(Cc1c(F)cccc1F)NC1CCCC(C)C1C. The van der Waals surface area contributed by atoms with Crippen LogP contribution < -0.4 is 5.32 Å². The van der Waals surface area contributed by atoms with Gasteiger partial charge in [-0.05, 0) is 43.7 Å². The summed E-state index contributed by atoms with van der Waals surface area (Å²) < 4.78 is 27.3. The van der Waals surface area contributed by atoms with Gasteiger partial charge in [-0.1, -0.05) is 32.8 Å². The molecular weight excluding hydrogens is 256 g/mol. The number of hydrogen-bond acceptors (Lipinski definition) is 1. The molecule has 0 heterocycles. The van der Waals surface area contributed by atoms with Crippen molar-refractivity contribution in [2.24, 2.45) is 11.8 Å². The fourth-order valence-corrected chi connectivity index (χ4v) is 3.28. The Hall–Kier alpha value is -0.960. The summed E-state index contributed by atoms with van der Waals surface area (Å²) in [6, 6.07) is 4.62. The Kier molecular flexibility index (Phi) is 5.14. The summed E-state index contributed by atoms with van der Waals surface area (Å²) in [5.74, 6) is 0.461. The molecule has 3 heteroatoms. The fourth-order valence-electron chi connectivity index (χ4n) is 3.28. The van der Waals surface area contributed by atoms with Gasteiger partial charge in [0, 0.05) is 17.6 Å². The molecule has 0 spiro atoms. The van der Waals surface area contributed by atoms with E-state index in [9.17, 15) is 8.78 Å². The second kappa shape index (κ2) is 6.66. The summed E-state index contributed by atoms with van der Waals surface area (Å²) in [5, 5.41) is 3.57. The van der Waals surface area contributed by atoms with Gasteiger partial charge in [0.15, 0.2) is 0 Å². The van der Waals surface area contributed by atoms with E-state index in [2.05, 4.69) is 19.2 Å². The standard InChI is InChI=1S/C17H25F2N/c1-11-6-4-9-17(13(11)3)20-12(2)10-14-15(18)7-5-8-16(14)19/h5,7-8,11-13,17,20H,4,6,9-10H2,1-3H3. The van der Waals surface area contributed by atoms with Crippen LogP contribution in [-0.4, -0.2) is 12.1 Å². The van der Waals surface area contributed by atoms with Crippen LogP contribution in [0, 0.1) is 23.5 Å². The van der Waals surface area contributed by atoms with E-state index in [0.29, 0.717) is 18.4 Å². The Labute approximate surface area is 120 Å². The highest BCUT2D eigenvalue weighted by Crippen LogP contribution is 2.30. The largest absolute Gasteiger partial charge is 0.311 e. The predicted octanol–water partition coefficient (Wildman–Crippen LogP) is 4.31. The molecule has 4 unspecified atom stereocenters. The van der Waals surface area contributed by atoms with E-state index >= 15 is 0 Å². The molecule has 4 atom stereocenters. The number of nitrogens with one attached hydrogen (secondary N) is 1. The van der Waals surface area contributed by atoms with Gasteiger partial charge in [0.2, 0.25) is 0 Å². The first-order chi connectivity index (χ1) is 9.49. The van der Waals surface area contributed by atoms with Crippen LogP contribution in [0.5, 0.6) is 0 Å². The highest BCUT2D eigenvalue weighted by molar-refractivity contribution is 5.20. The predicted molar refractivity (Wildman–Crippen MR) is 78.6 cm³/mol. The molecule has 0 aliphatic heterocycles. The van der Waals surface area contributed by atoms with Crippen LogP contribution in [0.1, 0.15) is 45.6 Å². The second-order valence-corrected chi connectivity index (χ2v) is 6.35. The van der Waals surface area contributed by atoms with E-state index in [1.54, 1.807) is 0 Å². The first-order valence-electron chi connectivity index (χ1n) is 7.68. The van der Waals surface area contributed by atoms with Gasteiger partial charge in [-0.2, -0.15) is 0 Å². The van der Waals surface area contributed by atoms with Crippen molar-refractivity contribution in [3.63, 3.8) is 0 Å². The van der Waals surface area contributed by atoms with Gasteiger partial charge in [0.05, 0.1) is 0 Å². The molecule has 1 N–H and O–H groups in total. The van der Waals surface area contributed by atoms with Gasteiger partial charge in [-0.3, -0.25) is 0 Å². The summed E-state index contributed by atoms with van der Waals surface area (Å²) >= 11 is 0. The Bertz CT molecular complexity index is 426. The third kappa shape index (κ3) is 3.57. The van der Waals surface area contributed by atoms with Gasteiger partial charge in [-0.15, -0.1) is 0 Å². The quantitative estimate of drug-likeness (QED) is 0.867. The maximum atomic E-state index is 13.7. The average molecular weight is 281 g/mol. The highest BCUT2D eigenvalue weighted by Gasteiger charge is 2.28. The molecule has 1 aliphatic rings.